The SMILES string of the molecule is CCc1nc(NC)c(C)c(NCC2CCCS2(=O)=O)n1. The Morgan fingerprint density at radius 3 is 2.55 bits per heavy atom. The Bertz CT molecular complexity index is 586. The molecule has 0 amide bonds. The molecule has 1 aliphatic rings. The molecular formula is C13H22N4O2S. The minimum absolute atomic E-state index is 0.292. The Morgan fingerprint density at radius 2 is 2.00 bits per heavy atom. The molecule has 2 heterocycles. The van der Waals surface area contributed by atoms with E-state index in [1.165, 1.54) is 0 Å². The molecule has 0 bridgehead atoms. The Balaban J connectivity index is 2.17. The van der Waals surface area contributed by atoms with Crippen LogP contribution >= 0.6 is 0 Å². The summed E-state index contributed by atoms with van der Waals surface area (Å²) in [5, 5.41) is 5.94. The molecule has 0 radical (unpaired) electrons. The third-order valence-corrected chi connectivity index (χ3v) is 5.98. The van der Waals surface area contributed by atoms with Gasteiger partial charge in [-0.25, -0.2) is 18.4 Å². The van der Waals surface area contributed by atoms with E-state index in [2.05, 4.69) is 20.6 Å². The first kappa shape index (κ1) is 15.0. The van der Waals surface area contributed by atoms with Crippen molar-refractivity contribution in [3.05, 3.63) is 11.4 Å². The second kappa shape index (κ2) is 5.95. The van der Waals surface area contributed by atoms with Gasteiger partial charge in [0.25, 0.3) is 0 Å². The van der Waals surface area contributed by atoms with Crippen molar-refractivity contribution < 1.29 is 8.42 Å². The molecule has 1 fully saturated rings. The predicted octanol–water partition coefficient (Wildman–Crippen LogP) is 1.38. The maximum Gasteiger partial charge on any atom is 0.154 e. The van der Waals surface area contributed by atoms with E-state index < -0.39 is 9.84 Å². The van der Waals surface area contributed by atoms with Crippen molar-refractivity contribution in [2.45, 2.75) is 38.4 Å². The third-order valence-electron chi connectivity index (χ3n) is 3.71. The third kappa shape index (κ3) is 3.03. The van der Waals surface area contributed by atoms with E-state index in [4.69, 9.17) is 0 Å². The monoisotopic (exact) mass is 298 g/mol. The molecule has 0 saturated carbocycles. The van der Waals surface area contributed by atoms with Gasteiger partial charge in [0.05, 0.1) is 11.0 Å². The van der Waals surface area contributed by atoms with Gasteiger partial charge in [-0.1, -0.05) is 6.92 Å². The van der Waals surface area contributed by atoms with Crippen molar-refractivity contribution >= 4 is 21.5 Å². The number of aryl methyl sites for hydroxylation is 1. The molecule has 2 rings (SSSR count). The summed E-state index contributed by atoms with van der Waals surface area (Å²) < 4.78 is 23.7. The van der Waals surface area contributed by atoms with Crippen molar-refractivity contribution in [3.63, 3.8) is 0 Å². The van der Waals surface area contributed by atoms with Gasteiger partial charge in [-0.15, -0.1) is 0 Å². The van der Waals surface area contributed by atoms with E-state index in [0.717, 1.165) is 42.3 Å². The van der Waals surface area contributed by atoms with Crippen LogP contribution in [0.2, 0.25) is 0 Å². The number of nitrogens with zero attached hydrogens (tertiary/aromatic N) is 2. The quantitative estimate of drug-likeness (QED) is 0.854. The van der Waals surface area contributed by atoms with Crippen molar-refractivity contribution in [3.8, 4) is 0 Å². The zero-order valence-electron chi connectivity index (χ0n) is 12.2. The van der Waals surface area contributed by atoms with Crippen LogP contribution in [-0.2, 0) is 16.3 Å². The lowest BCUT2D eigenvalue weighted by atomic mass is 10.2. The van der Waals surface area contributed by atoms with Gasteiger partial charge in [0.1, 0.15) is 17.5 Å². The number of nitrogens with one attached hydrogen (secondary N) is 2. The maximum absolute atomic E-state index is 11.8. The number of rotatable bonds is 5. The van der Waals surface area contributed by atoms with E-state index in [0.29, 0.717) is 12.3 Å². The molecule has 1 saturated heterocycles. The molecule has 1 aliphatic heterocycles. The molecule has 112 valence electrons. The van der Waals surface area contributed by atoms with Crippen LogP contribution in [0.5, 0.6) is 0 Å². The average molecular weight is 298 g/mol. The first-order valence-electron chi connectivity index (χ1n) is 6.98. The smallest absolute Gasteiger partial charge is 0.154 e. The Morgan fingerprint density at radius 1 is 1.30 bits per heavy atom. The molecule has 1 unspecified atom stereocenters. The molecule has 2 N–H and O–H groups in total. The van der Waals surface area contributed by atoms with Crippen molar-refractivity contribution in [1.29, 1.82) is 0 Å². The molecule has 1 aromatic heterocycles. The molecule has 1 aromatic rings. The number of anilines is 2. The average Bonchev–Trinajstić information content (AvgIpc) is 2.76. The fourth-order valence-corrected chi connectivity index (χ4v) is 4.20. The minimum Gasteiger partial charge on any atom is -0.373 e. The number of sulfone groups is 1. The lowest BCUT2D eigenvalue weighted by molar-refractivity contribution is 0.591. The van der Waals surface area contributed by atoms with E-state index >= 15 is 0 Å². The van der Waals surface area contributed by atoms with Crippen molar-refractivity contribution in [2.24, 2.45) is 0 Å². The molecule has 0 aliphatic carbocycles. The zero-order chi connectivity index (χ0) is 14.8. The second-order valence-corrected chi connectivity index (χ2v) is 7.48. The topological polar surface area (TPSA) is 84.0 Å². The molecule has 0 spiro atoms. The zero-order valence-corrected chi connectivity index (χ0v) is 13.0. The van der Waals surface area contributed by atoms with Gasteiger partial charge in [-0.2, -0.15) is 0 Å². The number of aromatic nitrogens is 2. The number of hydrogen-bond donors (Lipinski definition) is 2. The van der Waals surface area contributed by atoms with Gasteiger partial charge in [0, 0.05) is 25.6 Å². The second-order valence-electron chi connectivity index (χ2n) is 5.08. The lowest BCUT2D eigenvalue weighted by Gasteiger charge is -2.15. The summed E-state index contributed by atoms with van der Waals surface area (Å²) in [6, 6.07) is 0. The summed E-state index contributed by atoms with van der Waals surface area (Å²) in [6.45, 7) is 4.35. The molecule has 6 nitrogen and oxygen atoms in total. The minimum atomic E-state index is -2.92. The molecule has 1 atom stereocenters. The van der Waals surface area contributed by atoms with Gasteiger partial charge >= 0.3 is 0 Å². The summed E-state index contributed by atoms with van der Waals surface area (Å²) in [4.78, 5) is 8.85. The van der Waals surface area contributed by atoms with Gasteiger partial charge in [0.15, 0.2) is 9.84 Å². The fourth-order valence-electron chi connectivity index (χ4n) is 2.43. The van der Waals surface area contributed by atoms with E-state index in [1.54, 1.807) is 0 Å². The summed E-state index contributed by atoms with van der Waals surface area (Å²) in [6.07, 6.45) is 2.24. The number of hydrogen-bond acceptors (Lipinski definition) is 6. The standard InChI is InChI=1S/C13H22N4O2S/c1-4-11-16-12(14-3)9(2)13(17-11)15-8-10-6-5-7-20(10,18)19/h10H,4-8H2,1-3H3,(H2,14,15,16,17). The van der Waals surface area contributed by atoms with Gasteiger partial charge in [-0.05, 0) is 19.8 Å². The largest absolute Gasteiger partial charge is 0.373 e. The summed E-state index contributed by atoms with van der Waals surface area (Å²) in [5.74, 6) is 2.57. The Kier molecular flexibility index (Phi) is 4.47. The first-order chi connectivity index (χ1) is 9.47. The van der Waals surface area contributed by atoms with Crippen LogP contribution in [0.25, 0.3) is 0 Å². The van der Waals surface area contributed by atoms with E-state index in [9.17, 15) is 8.42 Å². The van der Waals surface area contributed by atoms with Gasteiger partial charge < -0.3 is 10.6 Å². The van der Waals surface area contributed by atoms with E-state index in [-0.39, 0.29) is 5.25 Å². The fraction of sp³-hybridized carbons (Fsp3) is 0.692. The predicted molar refractivity (Wildman–Crippen MR) is 81.0 cm³/mol. The highest BCUT2D eigenvalue weighted by Gasteiger charge is 2.31. The van der Waals surface area contributed by atoms with Crippen LogP contribution in [0, 0.1) is 6.92 Å². The summed E-state index contributed by atoms with van der Waals surface area (Å²) >= 11 is 0. The highest BCUT2D eigenvalue weighted by atomic mass is 32.2. The maximum atomic E-state index is 11.8. The summed E-state index contributed by atoms with van der Waals surface area (Å²) in [7, 11) is -1.10. The Hall–Kier alpha value is -1.37. The molecule has 20 heavy (non-hydrogen) atoms. The van der Waals surface area contributed by atoms with Crippen LogP contribution in [0.4, 0.5) is 11.6 Å². The highest BCUT2D eigenvalue weighted by molar-refractivity contribution is 7.92. The van der Waals surface area contributed by atoms with E-state index in [1.807, 2.05) is 20.9 Å². The van der Waals surface area contributed by atoms with Crippen LogP contribution < -0.4 is 10.6 Å². The molecule has 0 aromatic carbocycles. The van der Waals surface area contributed by atoms with Crippen LogP contribution in [0.1, 0.15) is 31.2 Å². The van der Waals surface area contributed by atoms with Crippen LogP contribution in [0.3, 0.4) is 0 Å². The Labute approximate surface area is 120 Å². The van der Waals surface area contributed by atoms with Gasteiger partial charge in [-0.3, -0.25) is 0 Å². The normalized spacial score (nSPS) is 20.9. The van der Waals surface area contributed by atoms with Crippen molar-refractivity contribution in [2.75, 3.05) is 30.0 Å². The van der Waals surface area contributed by atoms with Crippen LogP contribution in [0.15, 0.2) is 0 Å². The van der Waals surface area contributed by atoms with Gasteiger partial charge in [0.2, 0.25) is 0 Å². The molecule has 7 heteroatoms. The van der Waals surface area contributed by atoms with Crippen molar-refractivity contribution in [1.82, 2.24) is 9.97 Å². The molecular weight excluding hydrogens is 276 g/mol. The first-order valence-corrected chi connectivity index (χ1v) is 8.70. The summed E-state index contributed by atoms with van der Waals surface area (Å²) in [5.41, 5.74) is 0.917. The van der Waals surface area contributed by atoms with Crippen LogP contribution in [-0.4, -0.2) is 43.0 Å². The lowest BCUT2D eigenvalue weighted by Crippen LogP contribution is -2.26. The highest BCUT2D eigenvalue weighted by Crippen LogP contribution is 2.23.